The van der Waals surface area contributed by atoms with E-state index in [1.54, 1.807) is 31.4 Å². The Morgan fingerprint density at radius 1 is 1.50 bits per heavy atom. The van der Waals surface area contributed by atoms with Gasteiger partial charge in [-0.3, -0.25) is 5.32 Å². The van der Waals surface area contributed by atoms with Gasteiger partial charge >= 0.3 is 6.09 Å². The topological polar surface area (TPSA) is 60.1 Å². The first-order valence-corrected chi connectivity index (χ1v) is 4.97. The van der Waals surface area contributed by atoms with Crippen LogP contribution < -0.4 is 10.1 Å². The molecule has 1 amide bonds. The predicted octanol–water partition coefficient (Wildman–Crippen LogP) is 1.64. The minimum absolute atomic E-state index is 0.0848. The van der Waals surface area contributed by atoms with Gasteiger partial charge in [-0.1, -0.05) is 0 Å². The summed E-state index contributed by atoms with van der Waals surface area (Å²) in [4.78, 5) is 11.3. The average molecular weight is 223 g/mol. The minimum Gasteiger partial charge on any atom is -0.497 e. The van der Waals surface area contributed by atoms with Gasteiger partial charge in [0, 0.05) is 5.69 Å². The van der Waals surface area contributed by atoms with Gasteiger partial charge in [-0.25, -0.2) is 4.79 Å². The summed E-state index contributed by atoms with van der Waals surface area (Å²) < 4.78 is 14.8. The van der Waals surface area contributed by atoms with Crippen molar-refractivity contribution in [3.8, 4) is 5.75 Å². The molecule has 1 aromatic rings. The number of hydrogen-bond donors (Lipinski definition) is 1. The molecule has 86 valence electrons. The molecule has 16 heavy (non-hydrogen) atoms. The van der Waals surface area contributed by atoms with Crippen molar-refractivity contribution in [2.75, 3.05) is 25.6 Å². The molecule has 0 spiro atoms. The molecule has 1 aromatic carbocycles. The number of carbonyl (C=O) groups is 1. The number of nitrogens with one attached hydrogen (secondary N) is 1. The molecule has 0 saturated carbocycles. The maximum absolute atomic E-state index is 11.3. The molecule has 5 nitrogen and oxygen atoms in total. The van der Waals surface area contributed by atoms with E-state index in [0.29, 0.717) is 18.9 Å². The van der Waals surface area contributed by atoms with Crippen LogP contribution in [0.3, 0.4) is 0 Å². The van der Waals surface area contributed by atoms with Gasteiger partial charge in [0.2, 0.25) is 0 Å². The second kappa shape index (κ2) is 4.85. The summed E-state index contributed by atoms with van der Waals surface area (Å²) in [6.07, 6.45) is -0.387. The van der Waals surface area contributed by atoms with E-state index < -0.39 is 6.09 Å². The third-order valence-electron chi connectivity index (χ3n) is 2.14. The molecule has 1 aliphatic heterocycles. The summed E-state index contributed by atoms with van der Waals surface area (Å²) in [6.45, 7) is 0.984. The van der Waals surface area contributed by atoms with Crippen molar-refractivity contribution in [3.05, 3.63) is 24.3 Å². The van der Waals surface area contributed by atoms with Gasteiger partial charge in [-0.05, 0) is 24.3 Å². The molecule has 0 aromatic heterocycles. The lowest BCUT2D eigenvalue weighted by atomic mass is 10.3. The fourth-order valence-corrected chi connectivity index (χ4v) is 1.16. The van der Waals surface area contributed by atoms with Crippen molar-refractivity contribution in [1.29, 1.82) is 0 Å². The summed E-state index contributed by atoms with van der Waals surface area (Å²) in [5.41, 5.74) is 0.669. The Kier molecular flexibility index (Phi) is 3.26. The van der Waals surface area contributed by atoms with Crippen LogP contribution in [0.25, 0.3) is 0 Å². The van der Waals surface area contributed by atoms with E-state index in [4.69, 9.17) is 14.2 Å². The van der Waals surface area contributed by atoms with Gasteiger partial charge in [-0.15, -0.1) is 0 Å². The Balaban J connectivity index is 1.79. The van der Waals surface area contributed by atoms with Crippen LogP contribution in [0.4, 0.5) is 10.5 Å². The molecule has 0 radical (unpaired) electrons. The van der Waals surface area contributed by atoms with Gasteiger partial charge < -0.3 is 14.2 Å². The SMILES string of the molecule is COc1ccc(NC(=O)OCC2CO2)cc1. The predicted molar refractivity (Wildman–Crippen MR) is 57.7 cm³/mol. The average Bonchev–Trinajstić information content (AvgIpc) is 3.11. The number of ether oxygens (including phenoxy) is 3. The fourth-order valence-electron chi connectivity index (χ4n) is 1.16. The number of rotatable bonds is 4. The summed E-state index contributed by atoms with van der Waals surface area (Å²) in [5.74, 6) is 0.741. The van der Waals surface area contributed by atoms with Crippen molar-refractivity contribution in [2.45, 2.75) is 6.10 Å². The highest BCUT2D eigenvalue weighted by Crippen LogP contribution is 2.15. The highest BCUT2D eigenvalue weighted by atomic mass is 16.6. The van der Waals surface area contributed by atoms with Gasteiger partial charge in [0.1, 0.15) is 18.5 Å². The number of epoxide rings is 1. The normalized spacial score (nSPS) is 17.7. The van der Waals surface area contributed by atoms with Crippen LogP contribution in [0.1, 0.15) is 0 Å². The van der Waals surface area contributed by atoms with E-state index in [1.807, 2.05) is 0 Å². The van der Waals surface area contributed by atoms with Crippen LogP contribution >= 0.6 is 0 Å². The molecule has 5 heteroatoms. The second-order valence-electron chi connectivity index (χ2n) is 3.41. The molecule has 1 atom stereocenters. The monoisotopic (exact) mass is 223 g/mol. The Morgan fingerprint density at radius 3 is 2.75 bits per heavy atom. The van der Waals surface area contributed by atoms with E-state index in [2.05, 4.69) is 5.32 Å². The number of carbonyl (C=O) groups excluding carboxylic acids is 1. The first-order chi connectivity index (χ1) is 7.78. The third kappa shape index (κ3) is 3.13. The van der Waals surface area contributed by atoms with Gasteiger partial charge in [0.15, 0.2) is 0 Å². The lowest BCUT2D eigenvalue weighted by Gasteiger charge is -2.06. The van der Waals surface area contributed by atoms with E-state index in [9.17, 15) is 4.79 Å². The number of anilines is 1. The lowest BCUT2D eigenvalue weighted by Crippen LogP contribution is -2.16. The molecule has 0 aliphatic carbocycles. The van der Waals surface area contributed by atoms with Gasteiger partial charge in [0.25, 0.3) is 0 Å². The zero-order valence-corrected chi connectivity index (χ0v) is 8.93. The molecule has 2 rings (SSSR count). The quantitative estimate of drug-likeness (QED) is 0.788. The summed E-state index contributed by atoms with van der Waals surface area (Å²) in [7, 11) is 1.59. The van der Waals surface area contributed by atoms with Gasteiger partial charge in [0.05, 0.1) is 13.7 Å². The molecule has 1 saturated heterocycles. The maximum Gasteiger partial charge on any atom is 0.411 e. The minimum atomic E-state index is -0.472. The van der Waals surface area contributed by atoms with E-state index in [1.165, 1.54) is 0 Å². The van der Waals surface area contributed by atoms with Crippen molar-refractivity contribution >= 4 is 11.8 Å². The molecular formula is C11H13NO4. The Bertz CT molecular complexity index is 359. The Labute approximate surface area is 93.3 Å². The van der Waals surface area contributed by atoms with Crippen LogP contribution in [-0.2, 0) is 9.47 Å². The van der Waals surface area contributed by atoms with Crippen LogP contribution in [-0.4, -0.2) is 32.5 Å². The zero-order valence-electron chi connectivity index (χ0n) is 8.93. The fraction of sp³-hybridized carbons (Fsp3) is 0.364. The molecule has 0 bridgehead atoms. The van der Waals surface area contributed by atoms with Crippen LogP contribution in [0.5, 0.6) is 5.75 Å². The lowest BCUT2D eigenvalue weighted by molar-refractivity contribution is 0.150. The molecule has 1 N–H and O–H groups in total. The third-order valence-corrected chi connectivity index (χ3v) is 2.14. The van der Waals surface area contributed by atoms with Crippen LogP contribution in [0, 0.1) is 0 Å². The highest BCUT2D eigenvalue weighted by molar-refractivity contribution is 5.84. The smallest absolute Gasteiger partial charge is 0.411 e. The molecule has 1 unspecified atom stereocenters. The van der Waals surface area contributed by atoms with E-state index >= 15 is 0 Å². The van der Waals surface area contributed by atoms with E-state index in [-0.39, 0.29) is 6.10 Å². The maximum atomic E-state index is 11.3. The standard InChI is InChI=1S/C11H13NO4/c1-14-9-4-2-8(3-5-9)12-11(13)16-7-10-6-15-10/h2-5,10H,6-7H2,1H3,(H,12,13). The zero-order chi connectivity index (χ0) is 11.4. The first kappa shape index (κ1) is 10.8. The van der Waals surface area contributed by atoms with Crippen LogP contribution in [0.15, 0.2) is 24.3 Å². The number of methoxy groups -OCH3 is 1. The Hall–Kier alpha value is -1.75. The summed E-state index contributed by atoms with van der Waals surface area (Å²) in [6, 6.07) is 7.01. The number of hydrogen-bond acceptors (Lipinski definition) is 4. The number of benzene rings is 1. The van der Waals surface area contributed by atoms with Crippen molar-refractivity contribution in [3.63, 3.8) is 0 Å². The summed E-state index contributed by atoms with van der Waals surface area (Å²) >= 11 is 0. The highest BCUT2D eigenvalue weighted by Gasteiger charge is 2.24. The van der Waals surface area contributed by atoms with Crippen molar-refractivity contribution in [1.82, 2.24) is 0 Å². The Morgan fingerprint density at radius 2 is 2.19 bits per heavy atom. The summed E-state index contributed by atoms with van der Waals surface area (Å²) in [5, 5.41) is 2.60. The van der Waals surface area contributed by atoms with E-state index in [0.717, 1.165) is 5.75 Å². The number of amides is 1. The second-order valence-corrected chi connectivity index (χ2v) is 3.41. The van der Waals surface area contributed by atoms with Gasteiger partial charge in [-0.2, -0.15) is 0 Å². The molecule has 1 heterocycles. The molecular weight excluding hydrogens is 210 g/mol. The molecule has 1 aliphatic rings. The van der Waals surface area contributed by atoms with Crippen molar-refractivity contribution < 1.29 is 19.0 Å². The largest absolute Gasteiger partial charge is 0.497 e. The first-order valence-electron chi connectivity index (χ1n) is 4.97. The molecule has 1 fully saturated rings. The van der Waals surface area contributed by atoms with Crippen molar-refractivity contribution in [2.24, 2.45) is 0 Å². The van der Waals surface area contributed by atoms with Crippen LogP contribution in [0.2, 0.25) is 0 Å².